The molecule has 2 N–H and O–H groups in total. The number of nitrogens with zero attached hydrogens (tertiary/aromatic N) is 3. The third-order valence-electron chi connectivity index (χ3n) is 6.09. The number of hydrogen-bond donors (Lipinski definition) is 2. The molecule has 4 amide bonds. The molecule has 0 saturated carbocycles. The molecule has 30 heavy (non-hydrogen) atoms. The average molecular weight is 404 g/mol. The van der Waals surface area contributed by atoms with E-state index in [0.717, 1.165) is 27.7 Å². The zero-order valence-corrected chi connectivity index (χ0v) is 16.3. The first-order chi connectivity index (χ1) is 14.5. The van der Waals surface area contributed by atoms with Gasteiger partial charge in [0.1, 0.15) is 6.04 Å². The van der Waals surface area contributed by atoms with Gasteiger partial charge in [-0.05, 0) is 29.3 Å². The maximum atomic E-state index is 12.5. The van der Waals surface area contributed by atoms with Crippen molar-refractivity contribution in [1.82, 2.24) is 19.8 Å². The van der Waals surface area contributed by atoms with E-state index < -0.39 is 11.9 Å². The van der Waals surface area contributed by atoms with Crippen molar-refractivity contribution in [2.45, 2.75) is 25.6 Å². The normalized spacial score (nSPS) is 18.0. The number of aromatic nitrogens is 1. The van der Waals surface area contributed by atoms with Crippen molar-refractivity contribution in [3.63, 3.8) is 0 Å². The van der Waals surface area contributed by atoms with E-state index in [9.17, 15) is 14.4 Å². The molecular formula is C22H20N4O4. The number of hydroxylamine groups is 1. The third-order valence-corrected chi connectivity index (χ3v) is 6.09. The van der Waals surface area contributed by atoms with Crippen molar-refractivity contribution in [1.29, 1.82) is 0 Å². The number of urea groups is 1. The van der Waals surface area contributed by atoms with Gasteiger partial charge >= 0.3 is 6.03 Å². The number of benzene rings is 2. The fourth-order valence-electron chi connectivity index (χ4n) is 4.53. The summed E-state index contributed by atoms with van der Waals surface area (Å²) in [7, 11) is 1.53. The monoisotopic (exact) mass is 404 g/mol. The van der Waals surface area contributed by atoms with Crippen LogP contribution < -0.4 is 5.48 Å². The summed E-state index contributed by atoms with van der Waals surface area (Å²) in [6.07, 6.45) is 0.507. The lowest BCUT2D eigenvalue weighted by atomic mass is 9.97. The first kappa shape index (κ1) is 18.4. The molecule has 2 aromatic carbocycles. The van der Waals surface area contributed by atoms with E-state index in [2.05, 4.69) is 10.6 Å². The Morgan fingerprint density at radius 3 is 2.60 bits per heavy atom. The Morgan fingerprint density at radius 2 is 1.87 bits per heavy atom. The highest BCUT2D eigenvalue weighted by atomic mass is 16.5. The molecule has 0 aliphatic carbocycles. The standard InChI is InChI=1S/C22H20N4O4/c1-24-21(28)18-10-16-15-4-2-3-5-17(15)25(19(16)12-26(18)22(24)29)11-13-6-8-14(9-7-13)20(27)23-30/h2-9,18,30H,10-12H2,1H3,(H,23,27). The van der Waals surface area contributed by atoms with Gasteiger partial charge in [0, 0.05) is 42.2 Å². The largest absolute Gasteiger partial charge is 0.338 e. The van der Waals surface area contributed by atoms with Crippen LogP contribution in [0.25, 0.3) is 10.9 Å². The van der Waals surface area contributed by atoms with Gasteiger partial charge in [0.2, 0.25) is 0 Å². The number of carbonyl (C=O) groups is 3. The molecule has 5 rings (SSSR count). The molecule has 3 aromatic rings. The number of hydrogen-bond acceptors (Lipinski definition) is 4. The van der Waals surface area contributed by atoms with Crippen LogP contribution in [0.5, 0.6) is 0 Å². The zero-order valence-electron chi connectivity index (χ0n) is 16.3. The van der Waals surface area contributed by atoms with E-state index >= 15 is 0 Å². The number of fused-ring (bicyclic) bond motifs is 4. The number of amides is 4. The highest BCUT2D eigenvalue weighted by Gasteiger charge is 2.46. The Hall–Kier alpha value is -3.65. The van der Waals surface area contributed by atoms with Gasteiger partial charge in [0.05, 0.1) is 6.54 Å². The summed E-state index contributed by atoms with van der Waals surface area (Å²) in [6.45, 7) is 0.946. The Kier molecular flexibility index (Phi) is 4.11. The lowest BCUT2D eigenvalue weighted by Crippen LogP contribution is -2.40. The smallest absolute Gasteiger partial charge is 0.327 e. The van der Waals surface area contributed by atoms with Crippen molar-refractivity contribution in [2.75, 3.05) is 7.05 Å². The third kappa shape index (κ3) is 2.61. The number of carbonyl (C=O) groups excluding carboxylic acids is 3. The molecule has 3 heterocycles. The maximum absolute atomic E-state index is 12.5. The zero-order chi connectivity index (χ0) is 21.0. The highest BCUT2D eigenvalue weighted by molar-refractivity contribution is 6.05. The molecule has 2 aliphatic heterocycles. The molecule has 0 bridgehead atoms. The summed E-state index contributed by atoms with van der Waals surface area (Å²) < 4.78 is 2.18. The Morgan fingerprint density at radius 1 is 1.13 bits per heavy atom. The SMILES string of the molecule is CN1C(=O)C2Cc3c(n(Cc4ccc(C(=O)NO)cc4)c4ccccc34)CN2C1=O. The minimum absolute atomic E-state index is 0.153. The number of rotatable bonds is 3. The molecule has 1 saturated heterocycles. The van der Waals surface area contributed by atoms with Crippen LogP contribution in [0, 0.1) is 0 Å². The molecular weight excluding hydrogens is 384 g/mol. The number of para-hydroxylation sites is 1. The Labute approximate surface area is 172 Å². The predicted molar refractivity (Wildman–Crippen MR) is 108 cm³/mol. The highest BCUT2D eigenvalue weighted by Crippen LogP contribution is 2.36. The van der Waals surface area contributed by atoms with Crippen LogP contribution in [-0.4, -0.2) is 50.5 Å². The summed E-state index contributed by atoms with van der Waals surface area (Å²) >= 11 is 0. The van der Waals surface area contributed by atoms with Crippen LogP contribution >= 0.6 is 0 Å². The summed E-state index contributed by atoms with van der Waals surface area (Å²) in [6, 6.07) is 14.4. The molecule has 1 atom stereocenters. The van der Waals surface area contributed by atoms with Gasteiger partial charge < -0.3 is 9.47 Å². The minimum Gasteiger partial charge on any atom is -0.338 e. The second kappa shape index (κ2) is 6.70. The molecule has 1 unspecified atom stereocenters. The fourth-order valence-corrected chi connectivity index (χ4v) is 4.53. The van der Waals surface area contributed by atoms with E-state index in [0.29, 0.717) is 25.1 Å². The summed E-state index contributed by atoms with van der Waals surface area (Å²) in [5, 5.41) is 9.88. The number of likely N-dealkylation sites (N-methyl/N-ethyl adjacent to an activating group) is 1. The van der Waals surface area contributed by atoms with Gasteiger partial charge in [-0.15, -0.1) is 0 Å². The summed E-state index contributed by atoms with van der Waals surface area (Å²) in [4.78, 5) is 39.5. The predicted octanol–water partition coefficient (Wildman–Crippen LogP) is 2.13. The molecule has 152 valence electrons. The number of imide groups is 1. The van der Waals surface area contributed by atoms with E-state index in [-0.39, 0.29) is 11.9 Å². The molecule has 8 nitrogen and oxygen atoms in total. The second-order valence-corrected chi connectivity index (χ2v) is 7.69. The van der Waals surface area contributed by atoms with Crippen LogP contribution in [-0.2, 0) is 24.3 Å². The summed E-state index contributed by atoms with van der Waals surface area (Å²) in [5.41, 5.74) is 6.17. The van der Waals surface area contributed by atoms with Crippen LogP contribution in [0.3, 0.4) is 0 Å². The van der Waals surface area contributed by atoms with Crippen LogP contribution in [0.15, 0.2) is 48.5 Å². The van der Waals surface area contributed by atoms with Crippen molar-refractivity contribution < 1.29 is 19.6 Å². The Bertz CT molecular complexity index is 1200. The van der Waals surface area contributed by atoms with E-state index in [1.807, 2.05) is 30.3 Å². The minimum atomic E-state index is -0.558. The van der Waals surface area contributed by atoms with E-state index in [4.69, 9.17) is 5.21 Å². The Balaban J connectivity index is 1.57. The molecule has 2 aliphatic rings. The van der Waals surface area contributed by atoms with Gasteiger partial charge in [0.15, 0.2) is 0 Å². The molecule has 1 aromatic heterocycles. The second-order valence-electron chi connectivity index (χ2n) is 7.69. The molecule has 0 radical (unpaired) electrons. The number of nitrogens with one attached hydrogen (secondary N) is 1. The molecule has 8 heteroatoms. The van der Waals surface area contributed by atoms with Gasteiger partial charge in [-0.2, -0.15) is 0 Å². The topological polar surface area (TPSA) is 94.9 Å². The van der Waals surface area contributed by atoms with Crippen molar-refractivity contribution >= 4 is 28.7 Å². The first-order valence-corrected chi connectivity index (χ1v) is 9.70. The average Bonchev–Trinajstić information content (AvgIpc) is 3.20. The van der Waals surface area contributed by atoms with Crippen LogP contribution in [0.2, 0.25) is 0 Å². The lowest BCUT2D eigenvalue weighted by molar-refractivity contribution is -0.127. The first-order valence-electron chi connectivity index (χ1n) is 9.70. The quantitative estimate of drug-likeness (QED) is 0.397. The van der Waals surface area contributed by atoms with Gasteiger partial charge in [-0.25, -0.2) is 10.3 Å². The lowest BCUT2D eigenvalue weighted by Gasteiger charge is -2.28. The molecule has 0 spiro atoms. The van der Waals surface area contributed by atoms with Crippen LogP contribution in [0.1, 0.15) is 27.2 Å². The van der Waals surface area contributed by atoms with E-state index in [1.54, 1.807) is 22.5 Å². The van der Waals surface area contributed by atoms with E-state index in [1.165, 1.54) is 11.9 Å². The van der Waals surface area contributed by atoms with Crippen molar-refractivity contribution in [3.05, 3.63) is 70.9 Å². The van der Waals surface area contributed by atoms with Crippen molar-refractivity contribution in [2.24, 2.45) is 0 Å². The van der Waals surface area contributed by atoms with Crippen molar-refractivity contribution in [3.8, 4) is 0 Å². The molecule has 1 fully saturated rings. The van der Waals surface area contributed by atoms with Gasteiger partial charge in [0.25, 0.3) is 11.8 Å². The maximum Gasteiger partial charge on any atom is 0.327 e. The van der Waals surface area contributed by atoms with Gasteiger partial charge in [-0.3, -0.25) is 19.7 Å². The summed E-state index contributed by atoms with van der Waals surface area (Å²) in [5.74, 6) is -0.710. The fraction of sp³-hybridized carbons (Fsp3) is 0.227. The van der Waals surface area contributed by atoms with Gasteiger partial charge in [-0.1, -0.05) is 30.3 Å². The van der Waals surface area contributed by atoms with Crippen LogP contribution in [0.4, 0.5) is 4.79 Å².